The highest BCUT2D eigenvalue weighted by molar-refractivity contribution is 5.54. The van der Waals surface area contributed by atoms with Crippen molar-refractivity contribution < 1.29 is 4.74 Å². The molecule has 0 aromatic heterocycles. The van der Waals surface area contributed by atoms with E-state index in [1.807, 2.05) is 0 Å². The lowest BCUT2D eigenvalue weighted by Gasteiger charge is -2.29. The molecule has 2 N–H and O–H groups in total. The van der Waals surface area contributed by atoms with E-state index in [0.717, 1.165) is 38.5 Å². The van der Waals surface area contributed by atoms with Crippen LogP contribution in [-0.2, 0) is 11.2 Å². The van der Waals surface area contributed by atoms with Gasteiger partial charge in [-0.1, -0.05) is 19.1 Å². The molecular formula is C18H30N2O. The Labute approximate surface area is 129 Å². The van der Waals surface area contributed by atoms with Crippen molar-refractivity contribution >= 4 is 5.69 Å². The minimum absolute atomic E-state index is 0.273. The van der Waals surface area contributed by atoms with Gasteiger partial charge in [-0.15, -0.1) is 0 Å². The summed E-state index contributed by atoms with van der Waals surface area (Å²) in [6, 6.07) is 7.06. The zero-order valence-electron chi connectivity index (χ0n) is 13.8. The van der Waals surface area contributed by atoms with Crippen molar-refractivity contribution in [3.8, 4) is 0 Å². The summed E-state index contributed by atoms with van der Waals surface area (Å²) >= 11 is 0. The summed E-state index contributed by atoms with van der Waals surface area (Å²) in [5.74, 6) is 0.761. The van der Waals surface area contributed by atoms with Gasteiger partial charge in [0.25, 0.3) is 0 Å². The molecule has 0 radical (unpaired) electrons. The number of nitrogens with two attached hydrogens (primary N) is 1. The van der Waals surface area contributed by atoms with Gasteiger partial charge in [0, 0.05) is 38.5 Å². The van der Waals surface area contributed by atoms with Crippen LogP contribution in [0.25, 0.3) is 0 Å². The molecule has 0 saturated carbocycles. The highest BCUT2D eigenvalue weighted by Gasteiger charge is 2.17. The Kier molecular flexibility index (Phi) is 6.07. The molecule has 0 spiro atoms. The summed E-state index contributed by atoms with van der Waals surface area (Å²) in [5.41, 5.74) is 10.1. The van der Waals surface area contributed by atoms with E-state index >= 15 is 0 Å². The predicted molar refractivity (Wildman–Crippen MR) is 90.0 cm³/mol. The zero-order valence-corrected chi connectivity index (χ0v) is 13.8. The van der Waals surface area contributed by atoms with Gasteiger partial charge in [0.2, 0.25) is 0 Å². The fraction of sp³-hybridized carbons (Fsp3) is 0.667. The zero-order chi connectivity index (χ0) is 15.2. The van der Waals surface area contributed by atoms with Gasteiger partial charge in [-0.2, -0.15) is 0 Å². The Morgan fingerprint density at radius 1 is 1.33 bits per heavy atom. The summed E-state index contributed by atoms with van der Waals surface area (Å²) < 4.78 is 5.44. The molecule has 0 bridgehead atoms. The van der Waals surface area contributed by atoms with Gasteiger partial charge in [0.1, 0.15) is 0 Å². The molecule has 1 aliphatic heterocycles. The molecule has 1 aromatic carbocycles. The van der Waals surface area contributed by atoms with Crippen molar-refractivity contribution in [3.05, 3.63) is 29.3 Å². The van der Waals surface area contributed by atoms with E-state index in [0.29, 0.717) is 0 Å². The minimum Gasteiger partial charge on any atom is -0.381 e. The van der Waals surface area contributed by atoms with Crippen molar-refractivity contribution in [1.29, 1.82) is 0 Å². The van der Waals surface area contributed by atoms with Crippen LogP contribution in [0.3, 0.4) is 0 Å². The predicted octanol–water partition coefficient (Wildman–Crippen LogP) is 3.14. The second kappa shape index (κ2) is 7.81. The third kappa shape index (κ3) is 4.72. The summed E-state index contributed by atoms with van der Waals surface area (Å²) in [6.45, 7) is 7.32. The molecule has 1 fully saturated rings. The summed E-state index contributed by atoms with van der Waals surface area (Å²) in [5, 5.41) is 0. The maximum absolute atomic E-state index is 6.05. The van der Waals surface area contributed by atoms with Gasteiger partial charge >= 0.3 is 0 Å². The van der Waals surface area contributed by atoms with Gasteiger partial charge in [-0.3, -0.25) is 0 Å². The molecule has 1 heterocycles. The largest absolute Gasteiger partial charge is 0.381 e. The van der Waals surface area contributed by atoms with Crippen molar-refractivity contribution in [2.24, 2.45) is 11.7 Å². The molecule has 1 atom stereocenters. The molecule has 0 aliphatic carbocycles. The number of benzene rings is 1. The highest BCUT2D eigenvalue weighted by Crippen LogP contribution is 2.24. The van der Waals surface area contributed by atoms with E-state index in [-0.39, 0.29) is 6.04 Å². The fourth-order valence-electron chi connectivity index (χ4n) is 3.13. The number of ether oxygens (including phenoxy) is 1. The van der Waals surface area contributed by atoms with Crippen molar-refractivity contribution in [1.82, 2.24) is 0 Å². The Morgan fingerprint density at radius 3 is 2.67 bits per heavy atom. The molecule has 1 saturated heterocycles. The van der Waals surface area contributed by atoms with Gasteiger partial charge in [0.15, 0.2) is 0 Å². The molecular weight excluding hydrogens is 260 g/mol. The van der Waals surface area contributed by atoms with Crippen LogP contribution in [0.1, 0.15) is 37.3 Å². The first-order valence-corrected chi connectivity index (χ1v) is 8.24. The molecule has 2 rings (SSSR count). The van der Waals surface area contributed by atoms with E-state index in [1.165, 1.54) is 29.7 Å². The topological polar surface area (TPSA) is 38.5 Å². The Hall–Kier alpha value is -1.06. The average molecular weight is 290 g/mol. The smallest absolute Gasteiger partial charge is 0.0469 e. The highest BCUT2D eigenvalue weighted by atomic mass is 16.5. The van der Waals surface area contributed by atoms with E-state index in [1.54, 1.807) is 0 Å². The second-order valence-electron chi connectivity index (χ2n) is 6.43. The lowest BCUT2D eigenvalue weighted by Crippen LogP contribution is -2.30. The molecule has 0 amide bonds. The number of aryl methyl sites for hydroxylation is 1. The van der Waals surface area contributed by atoms with Crippen LogP contribution in [0.15, 0.2) is 18.2 Å². The van der Waals surface area contributed by atoms with Gasteiger partial charge in [0.05, 0.1) is 0 Å². The summed E-state index contributed by atoms with van der Waals surface area (Å²) in [4.78, 5) is 2.40. The molecule has 1 aromatic rings. The third-order valence-electron chi connectivity index (χ3n) is 4.57. The summed E-state index contributed by atoms with van der Waals surface area (Å²) in [6.07, 6.45) is 4.38. The first-order chi connectivity index (χ1) is 10.1. The van der Waals surface area contributed by atoms with Crippen LogP contribution >= 0.6 is 0 Å². The molecule has 118 valence electrons. The van der Waals surface area contributed by atoms with E-state index in [9.17, 15) is 0 Å². The monoisotopic (exact) mass is 290 g/mol. The quantitative estimate of drug-likeness (QED) is 0.875. The number of hydrogen-bond donors (Lipinski definition) is 1. The van der Waals surface area contributed by atoms with Crippen LogP contribution in [0, 0.1) is 12.8 Å². The Balaban J connectivity index is 1.98. The Bertz CT molecular complexity index is 441. The average Bonchev–Trinajstić information content (AvgIpc) is 2.48. The van der Waals surface area contributed by atoms with Crippen LogP contribution in [0.5, 0.6) is 0 Å². The van der Waals surface area contributed by atoms with Crippen LogP contribution in [-0.4, -0.2) is 32.8 Å². The summed E-state index contributed by atoms with van der Waals surface area (Å²) in [7, 11) is 2.20. The number of hydrogen-bond acceptors (Lipinski definition) is 3. The number of rotatable bonds is 6. The van der Waals surface area contributed by atoms with Crippen LogP contribution in [0.4, 0.5) is 5.69 Å². The lowest BCUT2D eigenvalue weighted by atomic mass is 9.98. The SMILES string of the molecule is CCC(N)Cc1ccc(N(C)CC2CCOCC2)c(C)c1. The number of nitrogens with zero attached hydrogens (tertiary/aromatic N) is 1. The molecule has 1 aliphatic rings. The molecule has 3 heteroatoms. The van der Waals surface area contributed by atoms with Crippen LogP contribution in [0.2, 0.25) is 0 Å². The second-order valence-corrected chi connectivity index (χ2v) is 6.43. The lowest BCUT2D eigenvalue weighted by molar-refractivity contribution is 0.0685. The molecule has 1 unspecified atom stereocenters. The van der Waals surface area contributed by atoms with E-state index in [4.69, 9.17) is 10.5 Å². The van der Waals surface area contributed by atoms with Crippen LogP contribution < -0.4 is 10.6 Å². The normalized spacial score (nSPS) is 17.7. The third-order valence-corrected chi connectivity index (χ3v) is 4.57. The maximum Gasteiger partial charge on any atom is 0.0469 e. The molecule has 3 nitrogen and oxygen atoms in total. The van der Waals surface area contributed by atoms with Gasteiger partial charge < -0.3 is 15.4 Å². The Morgan fingerprint density at radius 2 is 2.05 bits per heavy atom. The van der Waals surface area contributed by atoms with Gasteiger partial charge in [-0.25, -0.2) is 0 Å². The van der Waals surface area contributed by atoms with Crippen molar-refractivity contribution in [2.45, 2.75) is 45.6 Å². The number of anilines is 1. The van der Waals surface area contributed by atoms with E-state index in [2.05, 4.69) is 44.0 Å². The first kappa shape index (κ1) is 16.3. The standard InChI is InChI=1S/C18H30N2O/c1-4-17(19)12-16-5-6-18(14(2)11-16)20(3)13-15-7-9-21-10-8-15/h5-6,11,15,17H,4,7-10,12-13,19H2,1-3H3. The van der Waals surface area contributed by atoms with E-state index < -0.39 is 0 Å². The molecule has 21 heavy (non-hydrogen) atoms. The minimum atomic E-state index is 0.273. The van der Waals surface area contributed by atoms with Crippen molar-refractivity contribution in [2.75, 3.05) is 31.7 Å². The fourth-order valence-corrected chi connectivity index (χ4v) is 3.13. The van der Waals surface area contributed by atoms with Gasteiger partial charge in [-0.05, 0) is 55.7 Å². The maximum atomic E-state index is 6.05. The van der Waals surface area contributed by atoms with Crippen molar-refractivity contribution in [3.63, 3.8) is 0 Å². The first-order valence-electron chi connectivity index (χ1n) is 8.24.